The molecule has 0 N–H and O–H groups in total. The highest BCUT2D eigenvalue weighted by atomic mass is 15.1. The van der Waals surface area contributed by atoms with Gasteiger partial charge >= 0.3 is 0 Å². The van der Waals surface area contributed by atoms with E-state index >= 15 is 0 Å². The van der Waals surface area contributed by atoms with E-state index in [9.17, 15) is 0 Å². The zero-order valence-corrected chi connectivity index (χ0v) is 21.1. The van der Waals surface area contributed by atoms with E-state index in [1.165, 1.54) is 142 Å². The van der Waals surface area contributed by atoms with E-state index in [0.717, 1.165) is 0 Å². The Morgan fingerprint density at radius 2 is 1.03 bits per heavy atom. The monoisotopic (exact) mass is 419 g/mol. The molecule has 1 heterocycles. The van der Waals surface area contributed by atoms with Gasteiger partial charge in [0.1, 0.15) is 12.4 Å². The molecule has 0 saturated carbocycles. The average Bonchev–Trinajstić information content (AvgIpc) is 3.14. The molecule has 0 bridgehead atoms. The molecule has 176 valence electrons. The van der Waals surface area contributed by atoms with Crippen LogP contribution in [0.2, 0.25) is 0 Å². The lowest BCUT2D eigenvalue weighted by molar-refractivity contribution is -0.704. The van der Waals surface area contributed by atoms with Gasteiger partial charge in [0, 0.05) is 6.42 Å². The maximum atomic E-state index is 2.58. The summed E-state index contributed by atoms with van der Waals surface area (Å²) >= 11 is 0. The minimum Gasteiger partial charge on any atom is -0.234 e. The zero-order chi connectivity index (χ0) is 21.7. The van der Waals surface area contributed by atoms with Crippen molar-refractivity contribution in [3.05, 3.63) is 18.2 Å². The van der Waals surface area contributed by atoms with Gasteiger partial charge in [0.25, 0.3) is 5.82 Å². The molecule has 0 amide bonds. The van der Waals surface area contributed by atoms with Gasteiger partial charge in [-0.3, -0.25) is 0 Å². The highest BCUT2D eigenvalue weighted by Gasteiger charge is 2.16. The van der Waals surface area contributed by atoms with Crippen molar-refractivity contribution in [3.63, 3.8) is 0 Å². The topological polar surface area (TPSA) is 8.81 Å². The maximum absolute atomic E-state index is 2.58. The zero-order valence-electron chi connectivity index (χ0n) is 21.1. The number of imidazole rings is 1. The number of hydrogen-bond donors (Lipinski definition) is 0. The van der Waals surface area contributed by atoms with E-state index < -0.39 is 0 Å². The second-order valence-corrected chi connectivity index (χ2v) is 9.51. The number of aromatic nitrogens is 2. The summed E-state index contributed by atoms with van der Waals surface area (Å²) in [6.07, 6.45) is 32.6. The van der Waals surface area contributed by atoms with Crippen molar-refractivity contribution in [2.45, 2.75) is 162 Å². The van der Waals surface area contributed by atoms with Crippen molar-refractivity contribution in [2.75, 3.05) is 0 Å². The second-order valence-electron chi connectivity index (χ2n) is 9.51. The Hall–Kier alpha value is -0.790. The van der Waals surface area contributed by atoms with Crippen LogP contribution in [-0.2, 0) is 19.5 Å². The van der Waals surface area contributed by atoms with Crippen molar-refractivity contribution >= 4 is 0 Å². The number of aryl methyl sites for hydroxylation is 2. The summed E-state index contributed by atoms with van der Waals surface area (Å²) < 4.78 is 5.13. The Kier molecular flexibility index (Phi) is 18.3. The molecule has 0 aliphatic heterocycles. The maximum Gasteiger partial charge on any atom is 0.256 e. The summed E-state index contributed by atoms with van der Waals surface area (Å²) in [5, 5.41) is 0. The Labute approximate surface area is 189 Å². The van der Waals surface area contributed by atoms with Gasteiger partial charge in [0.05, 0.1) is 13.1 Å². The summed E-state index contributed by atoms with van der Waals surface area (Å²) in [7, 11) is 0. The molecule has 1 aromatic rings. The number of hydrogen-bond acceptors (Lipinski definition) is 0. The summed E-state index contributed by atoms with van der Waals surface area (Å²) in [4.78, 5) is 0. The fourth-order valence-electron chi connectivity index (χ4n) is 4.53. The quantitative estimate of drug-likeness (QED) is 0.131. The Balaban J connectivity index is 2.26. The van der Waals surface area contributed by atoms with Crippen LogP contribution in [0.3, 0.4) is 0 Å². The van der Waals surface area contributed by atoms with Crippen molar-refractivity contribution < 1.29 is 4.57 Å². The van der Waals surface area contributed by atoms with Gasteiger partial charge in [-0.2, -0.15) is 0 Å². The van der Waals surface area contributed by atoms with Gasteiger partial charge in [-0.1, -0.05) is 117 Å². The van der Waals surface area contributed by atoms with Crippen LogP contribution in [0.5, 0.6) is 0 Å². The van der Waals surface area contributed by atoms with Gasteiger partial charge in [0.15, 0.2) is 0 Å². The first kappa shape index (κ1) is 27.2. The van der Waals surface area contributed by atoms with Crippen molar-refractivity contribution in [2.24, 2.45) is 0 Å². The fraction of sp³-hybridized carbons (Fsp3) is 0.893. The van der Waals surface area contributed by atoms with Crippen LogP contribution in [0.1, 0.15) is 149 Å². The minimum atomic E-state index is 1.20. The normalized spacial score (nSPS) is 11.4. The highest BCUT2D eigenvalue weighted by Crippen LogP contribution is 2.12. The molecular formula is C28H55N2+. The van der Waals surface area contributed by atoms with E-state index in [1.807, 2.05) is 0 Å². The standard InChI is InChI=1S/C28H55N2/c1-4-7-10-12-14-15-16-18-20-22-25-30-27-26-29(24-9-6-3)28(30)23-21-19-17-13-11-8-5-2/h26-27H,4-25H2,1-3H3/q+1. The van der Waals surface area contributed by atoms with Gasteiger partial charge in [-0.15, -0.1) is 0 Å². The Bertz CT molecular complexity index is 477. The summed E-state index contributed by atoms with van der Waals surface area (Å²) in [5.41, 5.74) is 0. The first-order valence-electron chi connectivity index (χ1n) is 13.9. The molecule has 0 fully saturated rings. The van der Waals surface area contributed by atoms with E-state index in [4.69, 9.17) is 0 Å². The van der Waals surface area contributed by atoms with Crippen molar-refractivity contribution in [1.82, 2.24) is 4.57 Å². The minimum absolute atomic E-state index is 1.20. The number of unbranched alkanes of at least 4 members (excludes halogenated alkanes) is 16. The lowest BCUT2D eigenvalue weighted by Crippen LogP contribution is -2.37. The summed E-state index contributed by atoms with van der Waals surface area (Å²) in [6, 6.07) is 0. The molecule has 0 unspecified atom stereocenters. The average molecular weight is 420 g/mol. The van der Waals surface area contributed by atoms with Gasteiger partial charge in [-0.05, 0) is 25.7 Å². The van der Waals surface area contributed by atoms with E-state index in [0.29, 0.717) is 0 Å². The molecule has 0 saturated heterocycles. The molecule has 1 rings (SSSR count). The molecule has 0 aromatic carbocycles. The molecule has 2 heteroatoms. The molecule has 0 aliphatic carbocycles. The molecule has 0 aliphatic rings. The molecule has 0 radical (unpaired) electrons. The van der Waals surface area contributed by atoms with Gasteiger partial charge in [0.2, 0.25) is 0 Å². The predicted molar refractivity (Wildman–Crippen MR) is 133 cm³/mol. The third-order valence-electron chi connectivity index (χ3n) is 6.60. The summed E-state index contributed by atoms with van der Waals surface area (Å²) in [6.45, 7) is 9.33. The third kappa shape index (κ3) is 13.5. The highest BCUT2D eigenvalue weighted by molar-refractivity contribution is 4.84. The van der Waals surface area contributed by atoms with Crippen LogP contribution in [-0.4, -0.2) is 4.57 Å². The predicted octanol–water partition coefficient (Wildman–Crippen LogP) is 8.79. The summed E-state index contributed by atoms with van der Waals surface area (Å²) in [5.74, 6) is 1.59. The van der Waals surface area contributed by atoms with Crippen LogP contribution in [0.15, 0.2) is 12.4 Å². The Morgan fingerprint density at radius 1 is 0.567 bits per heavy atom. The first-order chi connectivity index (χ1) is 14.8. The molecule has 2 nitrogen and oxygen atoms in total. The van der Waals surface area contributed by atoms with Crippen LogP contribution in [0.25, 0.3) is 0 Å². The lowest BCUT2D eigenvalue weighted by Gasteiger charge is -2.06. The van der Waals surface area contributed by atoms with E-state index in [2.05, 4.69) is 42.3 Å². The van der Waals surface area contributed by atoms with E-state index in [1.54, 1.807) is 5.82 Å². The number of rotatable bonds is 22. The van der Waals surface area contributed by atoms with Crippen molar-refractivity contribution in [1.29, 1.82) is 0 Å². The second kappa shape index (κ2) is 20.1. The van der Waals surface area contributed by atoms with Crippen LogP contribution >= 0.6 is 0 Å². The van der Waals surface area contributed by atoms with Crippen LogP contribution in [0.4, 0.5) is 0 Å². The molecule has 0 spiro atoms. The molecule has 30 heavy (non-hydrogen) atoms. The molecular weight excluding hydrogens is 364 g/mol. The number of nitrogens with zero attached hydrogens (tertiary/aromatic N) is 2. The Morgan fingerprint density at radius 3 is 1.57 bits per heavy atom. The SMILES string of the molecule is CCCCCCCCCCCC[n+]1ccn(CCCC)c1CCCCCCCCC. The first-order valence-corrected chi connectivity index (χ1v) is 13.9. The van der Waals surface area contributed by atoms with E-state index in [-0.39, 0.29) is 0 Å². The van der Waals surface area contributed by atoms with Gasteiger partial charge in [-0.25, -0.2) is 9.13 Å². The smallest absolute Gasteiger partial charge is 0.234 e. The van der Waals surface area contributed by atoms with Gasteiger partial charge < -0.3 is 0 Å². The third-order valence-corrected chi connectivity index (χ3v) is 6.60. The van der Waals surface area contributed by atoms with Crippen LogP contribution in [0, 0.1) is 0 Å². The lowest BCUT2D eigenvalue weighted by atomic mass is 10.1. The molecule has 0 atom stereocenters. The molecule has 1 aromatic heterocycles. The largest absolute Gasteiger partial charge is 0.256 e. The van der Waals surface area contributed by atoms with Crippen molar-refractivity contribution in [3.8, 4) is 0 Å². The fourth-order valence-corrected chi connectivity index (χ4v) is 4.53. The van der Waals surface area contributed by atoms with Crippen LogP contribution < -0.4 is 4.57 Å².